The van der Waals surface area contributed by atoms with Crippen LogP contribution in [0.2, 0.25) is 0 Å². The summed E-state index contributed by atoms with van der Waals surface area (Å²) in [4.78, 5) is 23.5. The van der Waals surface area contributed by atoms with Crippen molar-refractivity contribution in [2.45, 2.75) is 25.0 Å². The van der Waals surface area contributed by atoms with Gasteiger partial charge in [0.15, 0.2) is 5.54 Å². The largest absolute Gasteiger partial charge is 0.490 e. The van der Waals surface area contributed by atoms with Gasteiger partial charge < -0.3 is 10.1 Å². The summed E-state index contributed by atoms with van der Waals surface area (Å²) in [6.07, 6.45) is 0.288. The van der Waals surface area contributed by atoms with E-state index in [4.69, 9.17) is 4.74 Å². The molecular formula is C12H11BrN2O3. The third-order valence-corrected chi connectivity index (χ3v) is 3.76. The van der Waals surface area contributed by atoms with Gasteiger partial charge in [-0.05, 0) is 25.1 Å². The van der Waals surface area contributed by atoms with Crippen LogP contribution in [0.25, 0.3) is 0 Å². The minimum Gasteiger partial charge on any atom is -0.490 e. The van der Waals surface area contributed by atoms with Gasteiger partial charge >= 0.3 is 6.03 Å². The molecule has 0 aliphatic carbocycles. The molecule has 2 heterocycles. The molecule has 2 atom stereocenters. The van der Waals surface area contributed by atoms with Gasteiger partial charge in [-0.3, -0.25) is 10.1 Å². The fourth-order valence-corrected chi connectivity index (χ4v) is 2.92. The van der Waals surface area contributed by atoms with Gasteiger partial charge in [0.25, 0.3) is 5.91 Å². The summed E-state index contributed by atoms with van der Waals surface area (Å²) in [5.74, 6) is 0.316. The molecule has 3 amide bonds. The first-order valence-corrected chi connectivity index (χ1v) is 6.41. The number of fused-ring (bicyclic) bond motifs is 2. The molecule has 0 unspecified atom stereocenters. The van der Waals surface area contributed by atoms with Crippen LogP contribution in [0, 0.1) is 0 Å². The molecular weight excluding hydrogens is 300 g/mol. The topological polar surface area (TPSA) is 67.4 Å². The molecule has 3 rings (SSSR count). The first-order valence-electron chi connectivity index (χ1n) is 5.61. The normalized spacial score (nSPS) is 29.6. The summed E-state index contributed by atoms with van der Waals surface area (Å²) < 4.78 is 6.55. The smallest absolute Gasteiger partial charge is 0.322 e. The van der Waals surface area contributed by atoms with Crippen molar-refractivity contribution >= 4 is 27.9 Å². The average Bonchev–Trinajstić information content (AvgIpc) is 2.55. The molecule has 18 heavy (non-hydrogen) atoms. The van der Waals surface area contributed by atoms with Crippen molar-refractivity contribution in [1.82, 2.24) is 10.6 Å². The highest BCUT2D eigenvalue weighted by Crippen LogP contribution is 2.42. The Bertz CT molecular complexity index is 560. The predicted molar refractivity (Wildman–Crippen MR) is 67.2 cm³/mol. The number of urea groups is 1. The van der Waals surface area contributed by atoms with Crippen LogP contribution in [0.1, 0.15) is 18.9 Å². The predicted octanol–water partition coefficient (Wildman–Crippen LogP) is 1.65. The zero-order chi connectivity index (χ0) is 12.9. The number of hydrogen-bond acceptors (Lipinski definition) is 3. The van der Waals surface area contributed by atoms with E-state index in [1.54, 1.807) is 6.07 Å². The van der Waals surface area contributed by atoms with E-state index in [1.807, 2.05) is 19.1 Å². The zero-order valence-corrected chi connectivity index (χ0v) is 11.2. The standard InChI is InChI=1S/C12H11BrN2O3/c1-6-5-12(10(16)14-11(17)15-12)8-4-7(13)2-3-9(8)18-6/h2-4,6H,5H2,1H3,(H2,14,15,16,17)/t6-,12+/m1/s1. The summed E-state index contributed by atoms with van der Waals surface area (Å²) in [5, 5.41) is 5.03. The molecule has 1 saturated heterocycles. The maximum absolute atomic E-state index is 12.1. The molecule has 1 aromatic rings. The molecule has 6 heteroatoms. The number of nitrogens with one attached hydrogen (secondary N) is 2. The van der Waals surface area contributed by atoms with Crippen molar-refractivity contribution in [1.29, 1.82) is 0 Å². The van der Waals surface area contributed by atoms with Crippen molar-refractivity contribution in [3.63, 3.8) is 0 Å². The van der Waals surface area contributed by atoms with Gasteiger partial charge in [0.2, 0.25) is 0 Å². The molecule has 94 valence electrons. The number of hydrogen-bond donors (Lipinski definition) is 2. The molecule has 1 spiro atoms. The van der Waals surface area contributed by atoms with Crippen LogP contribution in [0.5, 0.6) is 5.75 Å². The second kappa shape index (κ2) is 3.71. The third-order valence-electron chi connectivity index (χ3n) is 3.26. The monoisotopic (exact) mass is 310 g/mol. The first-order chi connectivity index (χ1) is 8.51. The highest BCUT2D eigenvalue weighted by Gasteiger charge is 2.52. The lowest BCUT2D eigenvalue weighted by molar-refractivity contribution is -0.126. The number of imide groups is 1. The summed E-state index contributed by atoms with van der Waals surface area (Å²) in [6, 6.07) is 5.00. The fraction of sp³-hybridized carbons (Fsp3) is 0.333. The highest BCUT2D eigenvalue weighted by atomic mass is 79.9. The number of amides is 3. The van der Waals surface area contributed by atoms with Gasteiger partial charge in [-0.15, -0.1) is 0 Å². The Labute approximate surface area is 112 Å². The lowest BCUT2D eigenvalue weighted by Gasteiger charge is -2.36. The van der Waals surface area contributed by atoms with Gasteiger partial charge in [0.05, 0.1) is 6.10 Å². The lowest BCUT2D eigenvalue weighted by Crippen LogP contribution is -2.49. The van der Waals surface area contributed by atoms with Crippen LogP contribution >= 0.6 is 15.9 Å². The van der Waals surface area contributed by atoms with E-state index in [0.717, 1.165) is 4.47 Å². The van der Waals surface area contributed by atoms with Crippen LogP contribution < -0.4 is 15.4 Å². The van der Waals surface area contributed by atoms with E-state index in [1.165, 1.54) is 0 Å². The maximum Gasteiger partial charge on any atom is 0.322 e. The Balaban J connectivity index is 2.20. The van der Waals surface area contributed by atoms with Crippen molar-refractivity contribution in [2.75, 3.05) is 0 Å². The van der Waals surface area contributed by atoms with E-state index >= 15 is 0 Å². The SMILES string of the molecule is C[C@@H]1C[C@]2(NC(=O)NC2=O)c2cc(Br)ccc2O1. The summed E-state index contributed by atoms with van der Waals surface area (Å²) in [6.45, 7) is 1.88. The van der Waals surface area contributed by atoms with Crippen molar-refractivity contribution in [2.24, 2.45) is 0 Å². The molecule has 2 aliphatic rings. The average molecular weight is 311 g/mol. The van der Waals surface area contributed by atoms with Crippen molar-refractivity contribution in [3.8, 4) is 5.75 Å². The summed E-state index contributed by atoms with van der Waals surface area (Å²) in [5.41, 5.74) is -0.313. The Morgan fingerprint density at radius 1 is 1.44 bits per heavy atom. The van der Waals surface area contributed by atoms with E-state index in [0.29, 0.717) is 17.7 Å². The molecule has 5 nitrogen and oxygen atoms in total. The van der Waals surface area contributed by atoms with Crippen molar-refractivity contribution in [3.05, 3.63) is 28.2 Å². The number of benzene rings is 1. The number of ether oxygens (including phenoxy) is 1. The highest BCUT2D eigenvalue weighted by molar-refractivity contribution is 9.10. The quantitative estimate of drug-likeness (QED) is 0.716. The second-order valence-corrected chi connectivity index (χ2v) is 5.50. The molecule has 0 radical (unpaired) electrons. The zero-order valence-electron chi connectivity index (χ0n) is 9.62. The summed E-state index contributed by atoms with van der Waals surface area (Å²) in [7, 11) is 0. The van der Waals surface area contributed by atoms with Crippen LogP contribution in [0.15, 0.2) is 22.7 Å². The Hall–Kier alpha value is -1.56. The Morgan fingerprint density at radius 3 is 2.89 bits per heavy atom. The van der Waals surface area contributed by atoms with E-state index in [-0.39, 0.29) is 12.0 Å². The fourth-order valence-electron chi connectivity index (χ4n) is 2.56. The van der Waals surface area contributed by atoms with Gasteiger partial charge in [-0.25, -0.2) is 4.79 Å². The molecule has 2 aliphatic heterocycles. The van der Waals surface area contributed by atoms with Crippen LogP contribution in [-0.2, 0) is 10.3 Å². The lowest BCUT2D eigenvalue weighted by atomic mass is 9.82. The van der Waals surface area contributed by atoms with Gasteiger partial charge in [-0.1, -0.05) is 15.9 Å². The van der Waals surface area contributed by atoms with E-state index in [2.05, 4.69) is 26.6 Å². The van der Waals surface area contributed by atoms with Crippen molar-refractivity contribution < 1.29 is 14.3 Å². The molecule has 0 saturated carbocycles. The second-order valence-electron chi connectivity index (χ2n) is 4.59. The summed E-state index contributed by atoms with van der Waals surface area (Å²) >= 11 is 3.37. The number of carbonyl (C=O) groups is 2. The number of carbonyl (C=O) groups excluding carboxylic acids is 2. The number of rotatable bonds is 0. The molecule has 1 aromatic carbocycles. The van der Waals surface area contributed by atoms with Gasteiger partial charge in [0.1, 0.15) is 5.75 Å². The molecule has 1 fully saturated rings. The Morgan fingerprint density at radius 2 is 2.22 bits per heavy atom. The minimum absolute atomic E-state index is 0.136. The Kier molecular flexibility index (Phi) is 2.38. The van der Waals surface area contributed by atoms with Gasteiger partial charge in [-0.2, -0.15) is 0 Å². The van der Waals surface area contributed by atoms with E-state index in [9.17, 15) is 9.59 Å². The van der Waals surface area contributed by atoms with E-state index < -0.39 is 11.6 Å². The molecule has 2 N–H and O–H groups in total. The van der Waals surface area contributed by atoms with Crippen LogP contribution in [-0.4, -0.2) is 18.0 Å². The van der Waals surface area contributed by atoms with Crippen LogP contribution in [0.4, 0.5) is 4.79 Å². The number of halogens is 1. The van der Waals surface area contributed by atoms with Gasteiger partial charge in [0, 0.05) is 16.5 Å². The molecule has 0 bridgehead atoms. The molecule has 0 aromatic heterocycles. The van der Waals surface area contributed by atoms with Crippen LogP contribution in [0.3, 0.4) is 0 Å². The minimum atomic E-state index is -1.01. The maximum atomic E-state index is 12.1. The first kappa shape index (κ1) is 11.5. The third kappa shape index (κ3) is 1.52.